The Kier molecular flexibility index (Phi) is 5.33. The first kappa shape index (κ1) is 18.7. The standard InChI is InChI=1S/C18H14F2N4O2S/c1-27(26)11-7-5-10(6-8-11)23-16-12(9-22-24-17(16)18(21)25)15-13(19)3-2-4-14(15)20/h2-9H,1H3,(H2,21,25)(H,22,23). The average Bonchev–Trinajstić information content (AvgIpc) is 2.63. The summed E-state index contributed by atoms with van der Waals surface area (Å²) in [6, 6.07) is 9.90. The highest BCUT2D eigenvalue weighted by Gasteiger charge is 2.21. The minimum atomic E-state index is -1.16. The molecule has 0 fully saturated rings. The van der Waals surface area contributed by atoms with Crippen molar-refractivity contribution in [2.24, 2.45) is 5.73 Å². The number of rotatable bonds is 5. The number of hydrogen-bond donors (Lipinski definition) is 2. The van der Waals surface area contributed by atoms with Crippen molar-refractivity contribution in [1.29, 1.82) is 0 Å². The summed E-state index contributed by atoms with van der Waals surface area (Å²) in [7, 11) is 0. The Morgan fingerprint density at radius 1 is 1.15 bits per heavy atom. The predicted octanol–water partition coefficient (Wildman–Crippen LogP) is 3.00. The van der Waals surface area contributed by atoms with Gasteiger partial charge in [-0.1, -0.05) is 6.07 Å². The Labute approximate surface area is 156 Å². The Morgan fingerprint density at radius 2 is 1.78 bits per heavy atom. The molecule has 6 nitrogen and oxygen atoms in total. The van der Waals surface area contributed by atoms with E-state index < -0.39 is 28.7 Å². The van der Waals surface area contributed by atoms with Crippen LogP contribution in [0, 0.1) is 11.6 Å². The molecule has 1 aromatic heterocycles. The zero-order chi connectivity index (χ0) is 19.6. The second kappa shape index (κ2) is 7.68. The van der Waals surface area contributed by atoms with Gasteiger partial charge in [-0.2, -0.15) is 5.10 Å². The number of nitrogens with zero attached hydrogens (tertiary/aromatic N) is 2. The molecule has 1 atom stereocenters. The Balaban J connectivity index is 2.14. The molecule has 0 aliphatic heterocycles. The van der Waals surface area contributed by atoms with Crippen LogP contribution in [0.2, 0.25) is 0 Å². The van der Waals surface area contributed by atoms with E-state index in [1.165, 1.54) is 6.07 Å². The van der Waals surface area contributed by atoms with E-state index in [0.29, 0.717) is 10.6 Å². The highest BCUT2D eigenvalue weighted by atomic mass is 32.2. The molecule has 0 saturated heterocycles. The largest absolute Gasteiger partial charge is 0.612 e. The molecule has 3 aromatic rings. The van der Waals surface area contributed by atoms with E-state index in [1.54, 1.807) is 30.5 Å². The van der Waals surface area contributed by atoms with Crippen molar-refractivity contribution in [3.05, 3.63) is 66.0 Å². The van der Waals surface area contributed by atoms with Gasteiger partial charge in [-0.25, -0.2) is 8.78 Å². The smallest absolute Gasteiger partial charge is 0.271 e. The van der Waals surface area contributed by atoms with Crippen molar-refractivity contribution in [2.75, 3.05) is 11.6 Å². The molecule has 0 aliphatic carbocycles. The van der Waals surface area contributed by atoms with Crippen LogP contribution in [0.25, 0.3) is 11.1 Å². The van der Waals surface area contributed by atoms with Gasteiger partial charge in [-0.3, -0.25) is 4.79 Å². The van der Waals surface area contributed by atoms with Gasteiger partial charge in [0.25, 0.3) is 5.91 Å². The van der Waals surface area contributed by atoms with Crippen LogP contribution in [-0.2, 0) is 11.2 Å². The normalized spacial score (nSPS) is 11.9. The highest BCUT2D eigenvalue weighted by molar-refractivity contribution is 7.90. The van der Waals surface area contributed by atoms with Crippen LogP contribution in [0.3, 0.4) is 0 Å². The maximum absolute atomic E-state index is 14.3. The van der Waals surface area contributed by atoms with Crippen LogP contribution in [0.5, 0.6) is 0 Å². The second-order valence-electron chi connectivity index (χ2n) is 5.55. The van der Waals surface area contributed by atoms with Crippen molar-refractivity contribution >= 4 is 28.5 Å². The first-order valence-electron chi connectivity index (χ1n) is 7.69. The predicted molar refractivity (Wildman–Crippen MR) is 98.0 cm³/mol. The molecule has 138 valence electrons. The van der Waals surface area contributed by atoms with Crippen LogP contribution in [0.4, 0.5) is 20.2 Å². The molecule has 27 heavy (non-hydrogen) atoms. The minimum Gasteiger partial charge on any atom is -0.612 e. The van der Waals surface area contributed by atoms with E-state index in [9.17, 15) is 18.1 Å². The monoisotopic (exact) mass is 388 g/mol. The summed E-state index contributed by atoms with van der Waals surface area (Å²) >= 11 is -1.16. The molecule has 0 saturated carbocycles. The van der Waals surface area contributed by atoms with Gasteiger partial charge >= 0.3 is 0 Å². The molecule has 0 spiro atoms. The lowest BCUT2D eigenvalue weighted by Gasteiger charge is -2.15. The third-order valence-corrected chi connectivity index (χ3v) is 4.71. The highest BCUT2D eigenvalue weighted by Crippen LogP contribution is 2.35. The molecule has 1 unspecified atom stereocenters. The zero-order valence-corrected chi connectivity index (χ0v) is 14.9. The summed E-state index contributed by atoms with van der Waals surface area (Å²) < 4.78 is 40.0. The van der Waals surface area contributed by atoms with Gasteiger partial charge in [-0.05, 0) is 47.6 Å². The van der Waals surface area contributed by atoms with Crippen molar-refractivity contribution in [1.82, 2.24) is 10.2 Å². The number of carbonyl (C=O) groups is 1. The summed E-state index contributed by atoms with van der Waals surface area (Å²) in [6.07, 6.45) is 2.69. The van der Waals surface area contributed by atoms with Crippen LogP contribution >= 0.6 is 0 Å². The molecule has 1 heterocycles. The van der Waals surface area contributed by atoms with Gasteiger partial charge in [0.1, 0.15) is 17.9 Å². The average molecular weight is 388 g/mol. The lowest BCUT2D eigenvalue weighted by molar-refractivity contribution is 0.0995. The fourth-order valence-electron chi connectivity index (χ4n) is 2.50. The number of amides is 1. The van der Waals surface area contributed by atoms with E-state index in [1.807, 2.05) is 0 Å². The first-order valence-corrected chi connectivity index (χ1v) is 9.24. The van der Waals surface area contributed by atoms with E-state index in [0.717, 1.165) is 18.3 Å². The summed E-state index contributed by atoms with van der Waals surface area (Å²) in [5.41, 5.74) is 5.22. The molecule has 9 heteroatoms. The number of halogens is 2. The van der Waals surface area contributed by atoms with E-state index in [4.69, 9.17) is 5.73 Å². The van der Waals surface area contributed by atoms with Crippen molar-refractivity contribution in [3.8, 4) is 11.1 Å². The fourth-order valence-corrected chi connectivity index (χ4v) is 3.02. The molecule has 0 radical (unpaired) electrons. The summed E-state index contributed by atoms with van der Waals surface area (Å²) in [6.45, 7) is 0. The van der Waals surface area contributed by atoms with Crippen molar-refractivity contribution in [3.63, 3.8) is 0 Å². The minimum absolute atomic E-state index is 0.00227. The lowest BCUT2D eigenvalue weighted by atomic mass is 10.0. The van der Waals surface area contributed by atoms with Gasteiger partial charge in [0.2, 0.25) is 0 Å². The number of nitrogens with one attached hydrogen (secondary N) is 1. The lowest BCUT2D eigenvalue weighted by Crippen LogP contribution is -2.17. The zero-order valence-electron chi connectivity index (χ0n) is 14.1. The molecular weight excluding hydrogens is 374 g/mol. The first-order chi connectivity index (χ1) is 12.9. The maximum Gasteiger partial charge on any atom is 0.271 e. The van der Waals surface area contributed by atoms with E-state index >= 15 is 0 Å². The molecule has 3 rings (SSSR count). The molecule has 1 amide bonds. The Hall–Kier alpha value is -3.04. The van der Waals surface area contributed by atoms with Gasteiger partial charge in [-0.15, -0.1) is 5.10 Å². The Bertz CT molecular complexity index is 977. The molecule has 0 bridgehead atoms. The van der Waals surface area contributed by atoms with Gasteiger partial charge in [0.05, 0.1) is 17.4 Å². The number of benzene rings is 2. The number of primary amides is 1. The second-order valence-corrected chi connectivity index (χ2v) is 6.93. The number of aromatic nitrogens is 2. The maximum atomic E-state index is 14.3. The van der Waals surface area contributed by atoms with Crippen LogP contribution in [-0.4, -0.2) is 26.9 Å². The van der Waals surface area contributed by atoms with Gasteiger partial charge in [0.15, 0.2) is 10.6 Å². The number of nitrogens with two attached hydrogens (primary N) is 1. The number of hydrogen-bond acceptors (Lipinski definition) is 5. The van der Waals surface area contributed by atoms with Crippen LogP contribution < -0.4 is 11.1 Å². The number of carbonyl (C=O) groups excluding carboxylic acids is 1. The quantitative estimate of drug-likeness (QED) is 0.654. The SMILES string of the molecule is C[S+]([O-])c1ccc(Nc2c(-c3c(F)cccc3F)cnnc2C(N)=O)cc1. The molecule has 2 aromatic carbocycles. The van der Waals surface area contributed by atoms with Crippen LogP contribution in [0.1, 0.15) is 10.5 Å². The summed E-state index contributed by atoms with van der Waals surface area (Å²) in [4.78, 5) is 12.4. The summed E-state index contributed by atoms with van der Waals surface area (Å²) in [5, 5.41) is 10.2. The topological polar surface area (TPSA) is 104 Å². The van der Waals surface area contributed by atoms with Gasteiger partial charge < -0.3 is 15.6 Å². The third-order valence-electron chi connectivity index (χ3n) is 3.77. The molecule has 3 N–H and O–H groups in total. The third kappa shape index (κ3) is 3.88. The summed E-state index contributed by atoms with van der Waals surface area (Å²) in [5.74, 6) is -2.55. The van der Waals surface area contributed by atoms with Crippen molar-refractivity contribution < 1.29 is 18.1 Å². The molecular formula is C18H14F2N4O2S. The van der Waals surface area contributed by atoms with Crippen molar-refractivity contribution in [2.45, 2.75) is 4.90 Å². The number of anilines is 2. The van der Waals surface area contributed by atoms with E-state index in [2.05, 4.69) is 15.5 Å². The molecule has 0 aliphatic rings. The van der Waals surface area contributed by atoms with Crippen LogP contribution in [0.15, 0.2) is 53.6 Å². The fraction of sp³-hybridized carbons (Fsp3) is 0.0556. The van der Waals surface area contributed by atoms with Gasteiger partial charge in [0, 0.05) is 11.3 Å². The van der Waals surface area contributed by atoms with E-state index in [-0.39, 0.29) is 22.5 Å². The Morgan fingerprint density at radius 3 is 2.33 bits per heavy atom.